The van der Waals surface area contributed by atoms with Crippen LogP contribution in [-0.4, -0.2) is 245 Å². The average molecular weight is 2100 g/mol. The first-order chi connectivity index (χ1) is 66.2. The first-order valence-electron chi connectivity index (χ1n) is 58.4. The largest absolute Gasteiger partial charge is 0.389 e. The van der Waals surface area contributed by atoms with Crippen LogP contribution in [0, 0.1) is 55.2 Å². The van der Waals surface area contributed by atoms with Gasteiger partial charge < -0.3 is 81.8 Å². The van der Waals surface area contributed by atoms with Gasteiger partial charge in [-0.2, -0.15) is 0 Å². The van der Waals surface area contributed by atoms with Crippen molar-refractivity contribution in [2.75, 3.05) is 78.5 Å². The van der Waals surface area contributed by atoms with Crippen LogP contribution in [0.3, 0.4) is 0 Å². The third-order valence-corrected chi connectivity index (χ3v) is 27.3. The van der Waals surface area contributed by atoms with Gasteiger partial charge in [0.1, 0.15) is 0 Å². The summed E-state index contributed by atoms with van der Waals surface area (Å²) in [5.41, 5.74) is 3.16. The first kappa shape index (κ1) is 141. The number of H-pyrrole nitrogens is 1. The van der Waals surface area contributed by atoms with Crippen molar-refractivity contribution in [1.29, 1.82) is 0 Å². The zero-order valence-corrected chi connectivity index (χ0v) is 106. The molecule has 7 atom stereocenters. The monoisotopic (exact) mass is 2090 g/mol. The van der Waals surface area contributed by atoms with E-state index in [1.165, 1.54) is 94.8 Å². The Kier molecular flexibility index (Phi) is 58.5. The second kappa shape index (κ2) is 61.0. The summed E-state index contributed by atoms with van der Waals surface area (Å²) >= 11 is 1.25. The number of hydrogen-bond acceptors (Lipinski definition) is 17. The Morgan fingerprint density at radius 3 is 0.687 bits per heavy atom. The molecule has 6 aliphatic heterocycles. The lowest BCUT2D eigenvalue weighted by molar-refractivity contribution is -0.155. The fourth-order valence-electron chi connectivity index (χ4n) is 19.3. The van der Waals surface area contributed by atoms with E-state index < -0.39 is 5.60 Å². The molecule has 0 saturated carbocycles. The summed E-state index contributed by atoms with van der Waals surface area (Å²) in [5.74, 6) is 2.84. The van der Waals surface area contributed by atoms with E-state index in [9.17, 15) is 43.8 Å². The van der Waals surface area contributed by atoms with E-state index in [4.69, 9.17) is 0 Å². The Balaban J connectivity index is 0.000000858. The van der Waals surface area contributed by atoms with E-state index >= 15 is 0 Å². The lowest BCUT2D eigenvalue weighted by Crippen LogP contribution is -2.65. The molecule has 147 heavy (non-hydrogen) atoms. The Morgan fingerprint density at radius 2 is 0.517 bits per heavy atom. The molecule has 10 N–H and O–H groups in total. The number of unbranched alkanes of at least 4 members (excludes halogenated alkanes) is 7. The van der Waals surface area contributed by atoms with Gasteiger partial charge in [-0.3, -0.25) is 33.6 Å². The SMILES string of the molecule is CC(C)(C)CCCCC(NC(C)(C)C)C(=O)N1CC(C)(C)C1.CC(C)(C)CCCCC(NC(C)(C)C)C(=O)N1CC(C)(O)C1.CC(C)(C)CCCCC(NC(C)(C)C)C(=O)N1CC(O)C1.CC(C)(C)CCCCC(NC(C)(C)C)C(=O)N1CCC1.CC(C)(C)CCCCC(NC(C)(C)C)c1csc(=O)[nH]1.CC1CN(C(=O)C(CCCCC(C)(C)C)NC(C)(C)C)C1.CC1CN(C(=O)C(CCCCC(C)(C)C)NC(C)(C)C)C1. The standard InChI is InChI=1S/C19H38N2O.C18H36N2O2.2C18H36N2O.C17H34N2O2.C17H34N2O.C16H30N2OS/c1-17(2,3)12-10-9-11-15(20-18(4,5)6)16(22)21-13-19(7,8)14-21;1-16(2,3)11-9-8-10-14(19-17(4,5)6)15(21)20-12-18(7,22)13-20;2*1-14-12-20(13-14)16(21)15(19-18(5,6)7)10-8-9-11-17(2,3)4;1-16(2,3)10-8-7-9-14(18-17(4,5)6)15(21)19-11-13(20)12-19;1-16(2,3)11-8-7-10-14(18-17(4,5)6)15(20)19-12-9-13-19;1-15(2,3)10-8-7-9-12(18-16(4,5)6)13-11-20-14(19)17-13/h15,20H,9-14H2,1-8H3;14,19,22H,8-13H2,1-7H3;2*14-15,19H,8-13H2,1-7H3;13-14,18,20H,7-12H2,1-6H3;14,18H,7-13H2,1-6H3;11-12,18H,7-10H2,1-6H3,(H,17,19). The summed E-state index contributed by atoms with van der Waals surface area (Å²) in [7, 11) is 0. The van der Waals surface area contributed by atoms with Gasteiger partial charge in [0.15, 0.2) is 0 Å². The molecular weight excluding hydrogens is 1850 g/mol. The van der Waals surface area contributed by atoms with Gasteiger partial charge in [-0.25, -0.2) is 0 Å². The number of carbonyl (C=O) groups excluding carboxylic acids is 6. The fraction of sp³-hybridized carbons (Fsp3) is 0.927. The van der Waals surface area contributed by atoms with Crippen LogP contribution < -0.4 is 42.1 Å². The number of rotatable bonds is 42. The molecule has 0 radical (unpaired) electrons. The second-order valence-corrected chi connectivity index (χ2v) is 63.5. The number of carbonyl (C=O) groups is 6. The number of aromatic nitrogens is 1. The number of aliphatic hydroxyl groups is 2. The number of nitrogens with one attached hydrogen (secondary N) is 8. The van der Waals surface area contributed by atoms with Crippen LogP contribution in [0.15, 0.2) is 10.2 Å². The quantitative estimate of drug-likeness (QED) is 0.0272. The molecule has 6 saturated heterocycles. The molecule has 24 heteroatoms. The van der Waals surface area contributed by atoms with Gasteiger partial charge in [0.2, 0.25) is 35.4 Å². The molecule has 6 fully saturated rings. The highest BCUT2D eigenvalue weighted by Crippen LogP contribution is 2.35. The van der Waals surface area contributed by atoms with Crippen molar-refractivity contribution in [2.45, 2.75) is 604 Å². The van der Waals surface area contributed by atoms with Crippen LogP contribution in [0.5, 0.6) is 0 Å². The maximum absolute atomic E-state index is 12.7. The maximum atomic E-state index is 12.7. The lowest BCUT2D eigenvalue weighted by Gasteiger charge is -2.47. The van der Waals surface area contributed by atoms with Gasteiger partial charge in [0.25, 0.3) is 0 Å². The highest BCUT2D eigenvalue weighted by Gasteiger charge is 2.45. The van der Waals surface area contributed by atoms with Crippen molar-refractivity contribution >= 4 is 46.8 Å². The van der Waals surface area contributed by atoms with Gasteiger partial charge in [0.05, 0.1) is 61.0 Å². The number of hydrogen-bond donors (Lipinski definition) is 10. The van der Waals surface area contributed by atoms with Crippen LogP contribution in [0.25, 0.3) is 0 Å². The number of amides is 6. The number of thiazole rings is 1. The van der Waals surface area contributed by atoms with Crippen LogP contribution >= 0.6 is 11.3 Å². The summed E-state index contributed by atoms with van der Waals surface area (Å²) < 4.78 is 0. The molecule has 6 aliphatic rings. The Labute approximate surface area is 910 Å². The molecule has 7 heterocycles. The van der Waals surface area contributed by atoms with Crippen molar-refractivity contribution in [3.8, 4) is 0 Å². The summed E-state index contributed by atoms with van der Waals surface area (Å²) in [5, 5.41) is 45.8. The number of aliphatic hydroxyl groups excluding tert-OH is 1. The number of β-amino-alcohol motifs (C(OH)–C–C–N with tert-alkyl or cyclic N) is 2. The molecule has 0 bridgehead atoms. The zero-order chi connectivity index (χ0) is 114. The predicted octanol–water partition coefficient (Wildman–Crippen LogP) is 25.4. The van der Waals surface area contributed by atoms with Crippen molar-refractivity contribution in [2.24, 2.45) is 55.2 Å². The Hall–Kier alpha value is -4.11. The topological polar surface area (TPSA) is 279 Å². The molecule has 1 aromatic rings. The minimum atomic E-state index is -0.700. The number of aromatic amines is 1. The summed E-state index contributed by atoms with van der Waals surface area (Å²) in [6.07, 6.45) is 32.1. The van der Waals surface area contributed by atoms with Gasteiger partial charge in [-0.05, 0) is 304 Å². The van der Waals surface area contributed by atoms with E-state index in [2.05, 4.69) is 361 Å². The molecule has 7 unspecified atom stereocenters. The summed E-state index contributed by atoms with van der Waals surface area (Å²) in [6, 6.07) is -0.0938. The summed E-state index contributed by atoms with van der Waals surface area (Å²) in [6.45, 7) is 112. The van der Waals surface area contributed by atoms with E-state index in [1.807, 2.05) is 25.0 Å². The normalized spacial score (nSPS) is 18.2. The first-order valence-corrected chi connectivity index (χ1v) is 59.3. The molecule has 866 valence electrons. The molecule has 23 nitrogen and oxygen atoms in total. The van der Waals surface area contributed by atoms with Gasteiger partial charge >= 0.3 is 4.87 Å². The van der Waals surface area contributed by atoms with Gasteiger partial charge in [-0.1, -0.05) is 274 Å². The Bertz CT molecular complexity index is 3670. The van der Waals surface area contributed by atoms with Gasteiger partial charge in [-0.15, -0.1) is 0 Å². The average Bonchev–Trinajstić information content (AvgIpc) is 1.05. The Morgan fingerprint density at radius 1 is 0.313 bits per heavy atom. The van der Waals surface area contributed by atoms with Gasteiger partial charge in [0, 0.05) is 121 Å². The highest BCUT2D eigenvalue weighted by molar-refractivity contribution is 7.07. The molecule has 0 aromatic carbocycles. The van der Waals surface area contributed by atoms with Crippen LogP contribution in [0.1, 0.15) is 523 Å². The maximum Gasteiger partial charge on any atom is 0.304 e. The van der Waals surface area contributed by atoms with E-state index in [1.54, 1.807) is 16.7 Å². The zero-order valence-electron chi connectivity index (χ0n) is 105. The minimum Gasteiger partial charge on any atom is -0.389 e. The van der Waals surface area contributed by atoms with Crippen LogP contribution in [0.2, 0.25) is 0 Å². The van der Waals surface area contributed by atoms with Crippen LogP contribution in [-0.2, 0) is 28.8 Å². The lowest BCUT2D eigenvalue weighted by atomic mass is 9.83. The fourth-order valence-corrected chi connectivity index (χ4v) is 20.0. The molecule has 1 aromatic heterocycles. The molecular formula is C123H244N14O9S. The van der Waals surface area contributed by atoms with Crippen molar-refractivity contribution < 1.29 is 39.0 Å². The van der Waals surface area contributed by atoms with E-state index in [-0.39, 0.29) is 104 Å². The van der Waals surface area contributed by atoms with Crippen molar-refractivity contribution in [1.82, 2.24) is 71.6 Å². The third kappa shape index (κ3) is 70.9. The molecule has 0 spiro atoms. The second-order valence-electron chi connectivity index (χ2n) is 62.7. The van der Waals surface area contributed by atoms with Crippen molar-refractivity contribution in [3.05, 3.63) is 20.7 Å². The predicted molar refractivity (Wildman–Crippen MR) is 629 cm³/mol. The summed E-state index contributed by atoms with van der Waals surface area (Å²) in [4.78, 5) is 101. The van der Waals surface area contributed by atoms with Crippen molar-refractivity contribution in [3.63, 3.8) is 0 Å². The minimum absolute atomic E-state index is 0.00438. The number of likely N-dealkylation sites (tertiary alicyclic amines) is 6. The highest BCUT2D eigenvalue weighted by atomic mass is 32.1. The van der Waals surface area contributed by atoms with E-state index in [0.29, 0.717) is 105 Å². The van der Waals surface area contributed by atoms with E-state index in [0.717, 1.165) is 161 Å². The third-order valence-electron chi connectivity index (χ3n) is 26.7. The smallest absolute Gasteiger partial charge is 0.304 e. The molecule has 6 amide bonds. The number of nitrogens with zero attached hydrogens (tertiary/aromatic N) is 6. The molecule has 0 aliphatic carbocycles. The van der Waals surface area contributed by atoms with Crippen LogP contribution in [0.4, 0.5) is 0 Å². The molecule has 7 rings (SSSR count).